The lowest BCUT2D eigenvalue weighted by Crippen LogP contribution is -2.47. The van der Waals surface area contributed by atoms with E-state index in [1.54, 1.807) is 0 Å². The third kappa shape index (κ3) is 4.15. The van der Waals surface area contributed by atoms with Crippen molar-refractivity contribution >= 4 is 5.97 Å². The van der Waals surface area contributed by atoms with Crippen LogP contribution in [0.15, 0.2) is 11.6 Å². The lowest BCUT2D eigenvalue weighted by molar-refractivity contribution is -0.141. The highest BCUT2D eigenvalue weighted by Gasteiger charge is 2.31. The average molecular weight is 239 g/mol. The van der Waals surface area contributed by atoms with Crippen molar-refractivity contribution in [1.29, 1.82) is 0 Å². The molecular formula is C14H25NO2. The first-order valence-electron chi connectivity index (χ1n) is 6.60. The van der Waals surface area contributed by atoms with Gasteiger partial charge in [0, 0.05) is 6.04 Å². The van der Waals surface area contributed by atoms with E-state index in [4.69, 9.17) is 0 Å². The Labute approximate surface area is 104 Å². The van der Waals surface area contributed by atoms with E-state index in [-0.39, 0.29) is 12.0 Å². The van der Waals surface area contributed by atoms with Crippen molar-refractivity contribution in [3.8, 4) is 0 Å². The van der Waals surface area contributed by atoms with Gasteiger partial charge in [0.1, 0.15) is 6.04 Å². The van der Waals surface area contributed by atoms with E-state index in [1.807, 2.05) is 6.92 Å². The monoisotopic (exact) mass is 239 g/mol. The second-order valence-corrected chi connectivity index (χ2v) is 5.48. The van der Waals surface area contributed by atoms with Crippen molar-refractivity contribution in [1.82, 2.24) is 5.32 Å². The van der Waals surface area contributed by atoms with E-state index in [9.17, 15) is 9.90 Å². The lowest BCUT2D eigenvalue weighted by atomic mass is 9.79. The van der Waals surface area contributed by atoms with Crippen molar-refractivity contribution in [2.45, 2.75) is 59.0 Å². The van der Waals surface area contributed by atoms with Crippen molar-refractivity contribution in [3.63, 3.8) is 0 Å². The molecule has 0 spiro atoms. The molecule has 0 heterocycles. The Bertz CT molecular complexity index is 299. The number of carboxylic acid groups (broad SMARTS) is 1. The molecule has 0 amide bonds. The quantitative estimate of drug-likeness (QED) is 0.725. The van der Waals surface area contributed by atoms with Crippen LogP contribution in [0.25, 0.3) is 0 Å². The number of hydrogen-bond acceptors (Lipinski definition) is 2. The minimum absolute atomic E-state index is 0.224. The summed E-state index contributed by atoms with van der Waals surface area (Å²) in [4.78, 5) is 11.4. The molecule has 0 saturated heterocycles. The fourth-order valence-corrected chi connectivity index (χ4v) is 2.68. The Kier molecular flexibility index (Phi) is 5.19. The molecule has 0 aromatic rings. The SMILES string of the molecule is CCC(C)NC(C(=O)O)C1CC(C)=CC(C)C1. The van der Waals surface area contributed by atoms with E-state index in [0.717, 1.165) is 19.3 Å². The van der Waals surface area contributed by atoms with Crippen LogP contribution in [0.4, 0.5) is 0 Å². The summed E-state index contributed by atoms with van der Waals surface area (Å²) in [7, 11) is 0. The summed E-state index contributed by atoms with van der Waals surface area (Å²) in [5.74, 6) is 0.00744. The number of nitrogens with one attached hydrogen (secondary N) is 1. The smallest absolute Gasteiger partial charge is 0.321 e. The summed E-state index contributed by atoms with van der Waals surface area (Å²) in [6.45, 7) is 8.39. The third-order valence-corrected chi connectivity index (χ3v) is 3.64. The van der Waals surface area contributed by atoms with Crippen LogP contribution in [0, 0.1) is 11.8 Å². The molecule has 1 aliphatic rings. The maximum atomic E-state index is 11.4. The van der Waals surface area contributed by atoms with Crippen LogP contribution in [0.1, 0.15) is 47.0 Å². The van der Waals surface area contributed by atoms with Gasteiger partial charge < -0.3 is 10.4 Å². The number of carbonyl (C=O) groups is 1. The van der Waals surface area contributed by atoms with Gasteiger partial charge in [-0.25, -0.2) is 0 Å². The molecule has 1 rings (SSSR count). The highest BCUT2D eigenvalue weighted by Crippen LogP contribution is 2.30. The van der Waals surface area contributed by atoms with Gasteiger partial charge in [0.15, 0.2) is 0 Å². The first kappa shape index (κ1) is 14.2. The van der Waals surface area contributed by atoms with E-state index >= 15 is 0 Å². The first-order chi connectivity index (χ1) is 7.93. The van der Waals surface area contributed by atoms with Crippen LogP contribution >= 0.6 is 0 Å². The topological polar surface area (TPSA) is 49.3 Å². The van der Waals surface area contributed by atoms with Gasteiger partial charge >= 0.3 is 5.97 Å². The van der Waals surface area contributed by atoms with Crippen molar-refractivity contribution in [2.24, 2.45) is 11.8 Å². The minimum atomic E-state index is -0.711. The normalized spacial score (nSPS) is 28.4. The molecule has 0 saturated carbocycles. The average Bonchev–Trinajstić information content (AvgIpc) is 2.23. The molecule has 98 valence electrons. The Morgan fingerprint density at radius 3 is 2.76 bits per heavy atom. The van der Waals surface area contributed by atoms with Gasteiger partial charge in [0.05, 0.1) is 0 Å². The molecule has 3 heteroatoms. The molecule has 4 atom stereocenters. The predicted molar refractivity (Wildman–Crippen MR) is 70.0 cm³/mol. The zero-order valence-corrected chi connectivity index (χ0v) is 11.4. The van der Waals surface area contributed by atoms with Crippen molar-refractivity contribution in [3.05, 3.63) is 11.6 Å². The second kappa shape index (κ2) is 6.20. The van der Waals surface area contributed by atoms with Gasteiger partial charge in [0.2, 0.25) is 0 Å². The molecule has 2 N–H and O–H groups in total. The number of carboxylic acids is 1. The largest absolute Gasteiger partial charge is 0.480 e. The fourth-order valence-electron chi connectivity index (χ4n) is 2.68. The Hall–Kier alpha value is -0.830. The molecule has 0 aromatic carbocycles. The zero-order valence-electron chi connectivity index (χ0n) is 11.4. The second-order valence-electron chi connectivity index (χ2n) is 5.48. The molecule has 0 aliphatic heterocycles. The summed E-state index contributed by atoms with van der Waals surface area (Å²) in [5.41, 5.74) is 1.32. The summed E-state index contributed by atoms with van der Waals surface area (Å²) in [6.07, 6.45) is 5.10. The van der Waals surface area contributed by atoms with Crippen LogP contribution < -0.4 is 5.32 Å². The van der Waals surface area contributed by atoms with Gasteiger partial charge in [-0.1, -0.05) is 25.5 Å². The van der Waals surface area contributed by atoms with Crippen LogP contribution in [0.5, 0.6) is 0 Å². The van der Waals surface area contributed by atoms with E-state index in [0.29, 0.717) is 5.92 Å². The molecule has 0 fully saturated rings. The summed E-state index contributed by atoms with van der Waals surface area (Å²) < 4.78 is 0. The number of allylic oxidation sites excluding steroid dienone is 2. The van der Waals surface area contributed by atoms with Gasteiger partial charge in [0.25, 0.3) is 0 Å². The van der Waals surface area contributed by atoms with E-state index in [1.165, 1.54) is 5.57 Å². The highest BCUT2D eigenvalue weighted by molar-refractivity contribution is 5.74. The number of rotatable bonds is 5. The third-order valence-electron chi connectivity index (χ3n) is 3.64. The Balaban J connectivity index is 2.71. The highest BCUT2D eigenvalue weighted by atomic mass is 16.4. The fraction of sp³-hybridized carbons (Fsp3) is 0.786. The van der Waals surface area contributed by atoms with Gasteiger partial charge in [-0.15, -0.1) is 0 Å². The van der Waals surface area contributed by atoms with Crippen LogP contribution in [-0.4, -0.2) is 23.2 Å². The molecule has 1 aliphatic carbocycles. The predicted octanol–water partition coefficient (Wildman–Crippen LogP) is 2.82. The molecule has 3 nitrogen and oxygen atoms in total. The van der Waals surface area contributed by atoms with Crippen molar-refractivity contribution in [2.75, 3.05) is 0 Å². The van der Waals surface area contributed by atoms with E-state index in [2.05, 4.69) is 32.2 Å². The van der Waals surface area contributed by atoms with Crippen molar-refractivity contribution < 1.29 is 9.90 Å². The Morgan fingerprint density at radius 1 is 1.65 bits per heavy atom. The summed E-state index contributed by atoms with van der Waals surface area (Å²) in [6, 6.07) is -0.145. The molecule has 0 aromatic heterocycles. The first-order valence-corrected chi connectivity index (χ1v) is 6.60. The molecule has 0 bridgehead atoms. The number of aliphatic carboxylic acids is 1. The summed E-state index contributed by atoms with van der Waals surface area (Å²) >= 11 is 0. The lowest BCUT2D eigenvalue weighted by Gasteiger charge is -2.32. The van der Waals surface area contributed by atoms with Gasteiger partial charge in [-0.3, -0.25) is 4.79 Å². The number of hydrogen-bond donors (Lipinski definition) is 2. The molecule has 4 unspecified atom stereocenters. The standard InChI is InChI=1S/C14H25NO2/c1-5-11(4)15-13(14(16)17)12-7-9(2)6-10(3)8-12/h6,9,11-13,15H,5,7-8H2,1-4H3,(H,16,17). The molecule has 17 heavy (non-hydrogen) atoms. The Morgan fingerprint density at radius 2 is 2.29 bits per heavy atom. The minimum Gasteiger partial charge on any atom is -0.480 e. The van der Waals surface area contributed by atoms with Crippen LogP contribution in [0.3, 0.4) is 0 Å². The molecule has 0 radical (unpaired) electrons. The summed E-state index contributed by atoms with van der Waals surface area (Å²) in [5, 5.41) is 12.6. The zero-order chi connectivity index (χ0) is 13.0. The maximum absolute atomic E-state index is 11.4. The maximum Gasteiger partial charge on any atom is 0.321 e. The van der Waals surface area contributed by atoms with Crippen LogP contribution in [0.2, 0.25) is 0 Å². The van der Waals surface area contributed by atoms with Crippen LogP contribution in [-0.2, 0) is 4.79 Å². The van der Waals surface area contributed by atoms with Gasteiger partial charge in [-0.05, 0) is 44.9 Å². The van der Waals surface area contributed by atoms with Gasteiger partial charge in [-0.2, -0.15) is 0 Å². The van der Waals surface area contributed by atoms with E-state index < -0.39 is 12.0 Å². The molecular weight excluding hydrogens is 214 g/mol.